The van der Waals surface area contributed by atoms with Gasteiger partial charge in [-0.05, 0) is 38.8 Å². The molecule has 0 bridgehead atoms. The van der Waals surface area contributed by atoms with Crippen molar-refractivity contribution in [2.24, 2.45) is 0 Å². The van der Waals surface area contributed by atoms with Crippen LogP contribution in [-0.4, -0.2) is 57.3 Å². The number of ether oxygens (including phenoxy) is 2. The first-order valence-corrected chi connectivity index (χ1v) is 11.1. The normalized spacial score (nSPS) is 15.5. The van der Waals surface area contributed by atoms with Gasteiger partial charge in [0.25, 0.3) is 0 Å². The minimum Gasteiger partial charge on any atom is -0.494 e. The Labute approximate surface area is 183 Å². The molecule has 1 aromatic carbocycles. The highest BCUT2D eigenvalue weighted by molar-refractivity contribution is 5.53. The van der Waals surface area contributed by atoms with Crippen LogP contribution in [0.5, 0.6) is 11.8 Å². The monoisotopic (exact) mass is 424 g/mol. The number of para-hydroxylation sites is 1. The second-order valence-corrected chi connectivity index (χ2v) is 8.33. The molecule has 31 heavy (non-hydrogen) atoms. The van der Waals surface area contributed by atoms with Gasteiger partial charge in [-0.1, -0.05) is 32.0 Å². The summed E-state index contributed by atoms with van der Waals surface area (Å²) < 4.78 is 13.7. The van der Waals surface area contributed by atoms with Gasteiger partial charge in [-0.3, -0.25) is 0 Å². The predicted molar refractivity (Wildman–Crippen MR) is 121 cm³/mol. The maximum Gasteiger partial charge on any atom is 0.322 e. The highest BCUT2D eigenvalue weighted by Gasteiger charge is 2.21. The van der Waals surface area contributed by atoms with Crippen molar-refractivity contribution in [3.8, 4) is 11.8 Å². The Kier molecular flexibility index (Phi) is 6.56. The molecule has 0 atom stereocenters. The van der Waals surface area contributed by atoms with Gasteiger partial charge in [0.2, 0.25) is 5.95 Å². The van der Waals surface area contributed by atoms with Crippen LogP contribution < -0.4 is 14.8 Å². The van der Waals surface area contributed by atoms with Crippen molar-refractivity contribution in [2.45, 2.75) is 52.2 Å². The summed E-state index contributed by atoms with van der Waals surface area (Å²) in [7, 11) is 2.14. The molecule has 0 saturated carbocycles. The van der Waals surface area contributed by atoms with E-state index in [0.717, 1.165) is 48.5 Å². The zero-order valence-corrected chi connectivity index (χ0v) is 18.8. The van der Waals surface area contributed by atoms with Gasteiger partial charge in [0.1, 0.15) is 11.9 Å². The highest BCUT2D eigenvalue weighted by atomic mass is 16.5. The van der Waals surface area contributed by atoms with Crippen LogP contribution in [0.15, 0.2) is 30.5 Å². The fraction of sp³-hybridized carbons (Fsp3) is 0.522. The lowest BCUT2D eigenvalue weighted by Crippen LogP contribution is -2.36. The average molecular weight is 425 g/mol. The summed E-state index contributed by atoms with van der Waals surface area (Å²) in [4.78, 5) is 11.7. The van der Waals surface area contributed by atoms with Crippen molar-refractivity contribution >= 4 is 11.6 Å². The number of benzene rings is 1. The van der Waals surface area contributed by atoms with E-state index in [9.17, 15) is 0 Å². The van der Waals surface area contributed by atoms with E-state index < -0.39 is 0 Å². The molecule has 4 rings (SSSR count). The van der Waals surface area contributed by atoms with E-state index in [1.54, 1.807) is 4.52 Å². The van der Waals surface area contributed by atoms with Gasteiger partial charge in [-0.2, -0.15) is 19.6 Å². The second kappa shape index (κ2) is 9.51. The largest absolute Gasteiger partial charge is 0.494 e. The molecule has 0 unspecified atom stereocenters. The van der Waals surface area contributed by atoms with Crippen molar-refractivity contribution in [2.75, 3.05) is 32.1 Å². The van der Waals surface area contributed by atoms with Crippen LogP contribution >= 0.6 is 0 Å². The molecule has 1 N–H and O–H groups in total. The van der Waals surface area contributed by atoms with E-state index in [1.165, 1.54) is 0 Å². The van der Waals surface area contributed by atoms with Crippen LogP contribution in [0.3, 0.4) is 0 Å². The minimum absolute atomic E-state index is 0.135. The number of fused-ring (bicyclic) bond motifs is 1. The van der Waals surface area contributed by atoms with E-state index in [2.05, 4.69) is 47.3 Å². The molecule has 1 fully saturated rings. The van der Waals surface area contributed by atoms with Crippen LogP contribution in [0.4, 0.5) is 5.95 Å². The first-order chi connectivity index (χ1) is 15.0. The van der Waals surface area contributed by atoms with Crippen LogP contribution in [0.2, 0.25) is 0 Å². The smallest absolute Gasteiger partial charge is 0.322 e. The maximum atomic E-state index is 6.22. The number of hydrogen-bond donors (Lipinski definition) is 1. The summed E-state index contributed by atoms with van der Waals surface area (Å²) in [6.07, 6.45) is 3.96. The molecule has 8 heteroatoms. The Morgan fingerprint density at radius 2 is 1.94 bits per heavy atom. The SMILES string of the molecule is CCOc1ccccc1CNc1nc(OC2CCN(C)CC2)nc2c(C(C)C)cnn12. The molecular formula is C23H32N6O2. The number of likely N-dealkylation sites (tertiary alicyclic amines) is 1. The molecule has 0 aliphatic carbocycles. The predicted octanol–water partition coefficient (Wildman–Crippen LogP) is 3.73. The summed E-state index contributed by atoms with van der Waals surface area (Å²) >= 11 is 0. The topological polar surface area (TPSA) is 76.8 Å². The van der Waals surface area contributed by atoms with E-state index in [1.807, 2.05) is 31.3 Å². The number of nitrogens with zero attached hydrogens (tertiary/aromatic N) is 5. The van der Waals surface area contributed by atoms with E-state index >= 15 is 0 Å². The highest BCUT2D eigenvalue weighted by Crippen LogP contribution is 2.25. The lowest BCUT2D eigenvalue weighted by molar-refractivity contribution is 0.105. The Morgan fingerprint density at radius 3 is 2.68 bits per heavy atom. The number of rotatable bonds is 8. The maximum absolute atomic E-state index is 6.22. The van der Waals surface area contributed by atoms with E-state index in [4.69, 9.17) is 14.5 Å². The first kappa shape index (κ1) is 21.4. The molecular weight excluding hydrogens is 392 g/mol. The summed E-state index contributed by atoms with van der Waals surface area (Å²) in [6, 6.07) is 8.43. The molecule has 166 valence electrons. The van der Waals surface area contributed by atoms with Gasteiger partial charge in [-0.25, -0.2) is 0 Å². The lowest BCUT2D eigenvalue weighted by atomic mass is 10.1. The number of aromatic nitrogens is 4. The third-order valence-electron chi connectivity index (χ3n) is 5.64. The standard InChI is InChI=1S/C23H32N6O2/c1-5-30-20-9-7-6-8-17(20)14-24-22-27-23(31-18-10-12-28(4)13-11-18)26-21-19(16(2)3)15-25-29(21)22/h6-9,15-16,18H,5,10-14H2,1-4H3,(H,24,26,27). The third-order valence-corrected chi connectivity index (χ3v) is 5.64. The summed E-state index contributed by atoms with van der Waals surface area (Å²) in [5, 5.41) is 7.97. The third kappa shape index (κ3) is 4.90. The van der Waals surface area contributed by atoms with Crippen molar-refractivity contribution in [1.29, 1.82) is 0 Å². The summed E-state index contributed by atoms with van der Waals surface area (Å²) in [6.45, 7) is 9.51. The number of nitrogens with one attached hydrogen (secondary N) is 1. The quantitative estimate of drug-likeness (QED) is 0.590. The van der Waals surface area contributed by atoms with Gasteiger partial charge in [-0.15, -0.1) is 0 Å². The Balaban J connectivity index is 1.62. The lowest BCUT2D eigenvalue weighted by Gasteiger charge is -2.28. The van der Waals surface area contributed by atoms with Gasteiger partial charge in [0.15, 0.2) is 5.65 Å². The van der Waals surface area contributed by atoms with Gasteiger partial charge in [0.05, 0.1) is 12.8 Å². The van der Waals surface area contributed by atoms with Gasteiger partial charge >= 0.3 is 6.01 Å². The zero-order chi connectivity index (χ0) is 21.8. The van der Waals surface area contributed by atoms with E-state index in [-0.39, 0.29) is 6.10 Å². The van der Waals surface area contributed by atoms with Crippen LogP contribution in [-0.2, 0) is 6.54 Å². The van der Waals surface area contributed by atoms with Crippen LogP contribution in [0.25, 0.3) is 5.65 Å². The second-order valence-electron chi connectivity index (χ2n) is 8.33. The summed E-state index contributed by atoms with van der Waals surface area (Å²) in [5.41, 5.74) is 2.92. The molecule has 0 spiro atoms. The molecule has 0 radical (unpaired) electrons. The van der Waals surface area contributed by atoms with Crippen LogP contribution in [0, 0.1) is 0 Å². The van der Waals surface area contributed by atoms with Crippen molar-refractivity contribution < 1.29 is 9.47 Å². The van der Waals surface area contributed by atoms with Crippen LogP contribution in [0.1, 0.15) is 50.7 Å². The number of piperidine rings is 1. The zero-order valence-electron chi connectivity index (χ0n) is 18.8. The van der Waals surface area contributed by atoms with Crippen molar-refractivity contribution in [3.05, 3.63) is 41.6 Å². The number of anilines is 1. The minimum atomic E-state index is 0.135. The van der Waals surface area contributed by atoms with Gasteiger partial charge in [0, 0.05) is 30.8 Å². The van der Waals surface area contributed by atoms with Crippen molar-refractivity contribution in [3.63, 3.8) is 0 Å². The van der Waals surface area contributed by atoms with E-state index in [0.29, 0.717) is 31.0 Å². The molecule has 1 aliphatic rings. The van der Waals surface area contributed by atoms with Gasteiger partial charge < -0.3 is 19.7 Å². The molecule has 1 aliphatic heterocycles. The first-order valence-electron chi connectivity index (χ1n) is 11.1. The molecule has 2 aromatic heterocycles. The fourth-order valence-electron chi connectivity index (χ4n) is 3.82. The molecule has 0 amide bonds. The Hall–Kier alpha value is -2.87. The molecule has 3 aromatic rings. The van der Waals surface area contributed by atoms with Crippen molar-refractivity contribution in [1.82, 2.24) is 24.5 Å². The molecule has 1 saturated heterocycles. The summed E-state index contributed by atoms with van der Waals surface area (Å²) in [5.74, 6) is 1.79. The Bertz CT molecular complexity index is 1010. The Morgan fingerprint density at radius 1 is 1.16 bits per heavy atom. The average Bonchev–Trinajstić information content (AvgIpc) is 3.19. The fourth-order valence-corrected chi connectivity index (χ4v) is 3.82. The molecule has 3 heterocycles. The number of hydrogen-bond acceptors (Lipinski definition) is 7. The molecule has 8 nitrogen and oxygen atoms in total.